The van der Waals surface area contributed by atoms with Gasteiger partial charge in [0.15, 0.2) is 11.5 Å². The number of nitrogens with zero attached hydrogens (tertiary/aromatic N) is 1. The number of rotatable bonds is 4. The minimum atomic E-state index is -0.0988. The minimum absolute atomic E-state index is 0.0988. The molecule has 0 spiro atoms. The average Bonchev–Trinajstić information content (AvgIpc) is 2.66. The molecule has 0 saturated carbocycles. The van der Waals surface area contributed by atoms with E-state index < -0.39 is 0 Å². The fourth-order valence-electron chi connectivity index (χ4n) is 3.17. The molecule has 2 aromatic rings. The lowest BCUT2D eigenvalue weighted by atomic mass is 10.0. The molecule has 6 heteroatoms. The number of benzene rings is 2. The van der Waals surface area contributed by atoms with Gasteiger partial charge in [-0.2, -0.15) is 0 Å². The number of aryl methyl sites for hydroxylation is 1. The molecule has 2 aromatic carbocycles. The number of hydrogen-bond donors (Lipinski definition) is 0. The maximum atomic E-state index is 13.3. The van der Waals surface area contributed by atoms with Crippen LogP contribution in [-0.4, -0.2) is 33.8 Å². The molecule has 1 aliphatic rings. The Morgan fingerprint density at radius 3 is 2.48 bits per heavy atom. The van der Waals surface area contributed by atoms with Gasteiger partial charge in [-0.15, -0.1) is 0 Å². The van der Waals surface area contributed by atoms with Gasteiger partial charge in [0.2, 0.25) is 5.75 Å². The highest BCUT2D eigenvalue weighted by Crippen LogP contribution is 2.45. The van der Waals surface area contributed by atoms with Crippen LogP contribution in [0.15, 0.2) is 34.8 Å². The van der Waals surface area contributed by atoms with Gasteiger partial charge in [-0.3, -0.25) is 4.79 Å². The first-order chi connectivity index (χ1) is 12.1. The highest BCUT2D eigenvalue weighted by molar-refractivity contribution is 9.10. The molecule has 0 N–H and O–H groups in total. The van der Waals surface area contributed by atoms with Crippen LogP contribution in [-0.2, 0) is 6.42 Å². The van der Waals surface area contributed by atoms with E-state index in [1.165, 1.54) is 26.9 Å². The van der Waals surface area contributed by atoms with Crippen LogP contribution in [0.4, 0.5) is 5.69 Å². The van der Waals surface area contributed by atoms with Gasteiger partial charge in [-0.25, -0.2) is 0 Å². The van der Waals surface area contributed by atoms with E-state index in [0.717, 1.165) is 18.5 Å². The second-order valence-corrected chi connectivity index (χ2v) is 6.49. The van der Waals surface area contributed by atoms with E-state index in [1.54, 1.807) is 6.07 Å². The number of carbonyl (C=O) groups is 1. The fraction of sp³-hybridized carbons (Fsp3) is 0.316. The van der Waals surface area contributed by atoms with Crippen LogP contribution in [0.1, 0.15) is 22.3 Å². The number of hydrogen-bond acceptors (Lipinski definition) is 4. The molecule has 0 fully saturated rings. The maximum absolute atomic E-state index is 13.3. The molecule has 25 heavy (non-hydrogen) atoms. The van der Waals surface area contributed by atoms with Gasteiger partial charge in [0.1, 0.15) is 0 Å². The largest absolute Gasteiger partial charge is 0.493 e. The van der Waals surface area contributed by atoms with E-state index in [1.807, 2.05) is 23.1 Å². The molecule has 132 valence electrons. The molecule has 0 saturated heterocycles. The predicted octanol–water partition coefficient (Wildman–Crippen LogP) is 4.07. The van der Waals surface area contributed by atoms with Gasteiger partial charge in [0.25, 0.3) is 5.91 Å². The van der Waals surface area contributed by atoms with Crippen LogP contribution in [0.2, 0.25) is 0 Å². The molecular weight excluding hydrogens is 386 g/mol. The molecule has 1 heterocycles. The summed E-state index contributed by atoms with van der Waals surface area (Å²) in [5.74, 6) is 1.25. The summed E-state index contributed by atoms with van der Waals surface area (Å²) in [6, 6.07) is 9.69. The Bertz CT molecular complexity index is 806. The third kappa shape index (κ3) is 3.06. The van der Waals surface area contributed by atoms with Crippen LogP contribution in [0, 0.1) is 0 Å². The van der Waals surface area contributed by atoms with Gasteiger partial charge in [-0.1, -0.05) is 18.2 Å². The zero-order valence-electron chi connectivity index (χ0n) is 14.5. The molecule has 0 bridgehead atoms. The number of anilines is 1. The number of methoxy groups -OCH3 is 3. The lowest BCUT2D eigenvalue weighted by Crippen LogP contribution is -2.35. The zero-order valence-corrected chi connectivity index (χ0v) is 16.1. The van der Waals surface area contributed by atoms with Crippen molar-refractivity contribution in [3.63, 3.8) is 0 Å². The first-order valence-corrected chi connectivity index (χ1v) is 8.79. The highest BCUT2D eigenvalue weighted by Gasteiger charge is 2.28. The number of carbonyl (C=O) groups excluding carboxylic acids is 1. The Balaban J connectivity index is 2.10. The molecule has 0 unspecified atom stereocenters. The number of amides is 1. The lowest BCUT2D eigenvalue weighted by molar-refractivity contribution is 0.0983. The fourth-order valence-corrected chi connectivity index (χ4v) is 3.79. The third-order valence-corrected chi connectivity index (χ3v) is 5.14. The van der Waals surface area contributed by atoms with Crippen molar-refractivity contribution in [1.29, 1.82) is 0 Å². The Morgan fingerprint density at radius 2 is 1.80 bits per heavy atom. The molecule has 1 amide bonds. The molecule has 5 nitrogen and oxygen atoms in total. The first-order valence-electron chi connectivity index (χ1n) is 8.00. The van der Waals surface area contributed by atoms with Gasteiger partial charge in [-0.05, 0) is 46.5 Å². The Labute approximate surface area is 155 Å². The van der Waals surface area contributed by atoms with E-state index in [2.05, 4.69) is 22.0 Å². The van der Waals surface area contributed by atoms with Gasteiger partial charge >= 0.3 is 0 Å². The van der Waals surface area contributed by atoms with Crippen molar-refractivity contribution in [2.24, 2.45) is 0 Å². The summed E-state index contributed by atoms with van der Waals surface area (Å²) in [5.41, 5.74) is 2.62. The Morgan fingerprint density at radius 1 is 1.08 bits per heavy atom. The summed E-state index contributed by atoms with van der Waals surface area (Å²) >= 11 is 3.50. The van der Waals surface area contributed by atoms with E-state index in [-0.39, 0.29) is 5.91 Å². The van der Waals surface area contributed by atoms with E-state index in [4.69, 9.17) is 14.2 Å². The molecule has 0 aliphatic carbocycles. The summed E-state index contributed by atoms with van der Waals surface area (Å²) in [4.78, 5) is 15.1. The normalized spacial score (nSPS) is 13.2. The highest BCUT2D eigenvalue weighted by atomic mass is 79.9. The van der Waals surface area contributed by atoms with Crippen molar-refractivity contribution in [2.45, 2.75) is 12.8 Å². The number of fused-ring (bicyclic) bond motifs is 1. The van der Waals surface area contributed by atoms with Crippen molar-refractivity contribution in [1.82, 2.24) is 0 Å². The van der Waals surface area contributed by atoms with Gasteiger partial charge in [0, 0.05) is 12.2 Å². The summed E-state index contributed by atoms with van der Waals surface area (Å²) in [6.07, 6.45) is 1.92. The van der Waals surface area contributed by atoms with Crippen molar-refractivity contribution >= 4 is 27.5 Å². The minimum Gasteiger partial charge on any atom is -0.493 e. The lowest BCUT2D eigenvalue weighted by Gasteiger charge is -2.30. The quantitative estimate of drug-likeness (QED) is 0.768. The van der Waals surface area contributed by atoms with E-state index in [0.29, 0.717) is 33.8 Å². The molecule has 1 aliphatic heterocycles. The summed E-state index contributed by atoms with van der Waals surface area (Å²) in [5, 5.41) is 0. The van der Waals surface area contributed by atoms with Crippen molar-refractivity contribution in [3.8, 4) is 17.2 Å². The van der Waals surface area contributed by atoms with Crippen molar-refractivity contribution < 1.29 is 19.0 Å². The Hall–Kier alpha value is -2.21. The average molecular weight is 406 g/mol. The maximum Gasteiger partial charge on any atom is 0.259 e. The summed E-state index contributed by atoms with van der Waals surface area (Å²) in [7, 11) is 4.61. The van der Waals surface area contributed by atoms with Crippen molar-refractivity contribution in [2.75, 3.05) is 32.8 Å². The monoisotopic (exact) mass is 405 g/mol. The standard InChI is InChI=1S/C19H20BrNO4/c1-23-15-11-13(16(20)18(25-3)17(15)24-2)19(22)21-10-6-8-12-7-4-5-9-14(12)21/h4-5,7,9,11H,6,8,10H2,1-3H3. The second kappa shape index (κ2) is 7.35. The predicted molar refractivity (Wildman–Crippen MR) is 100 cm³/mol. The first kappa shape index (κ1) is 17.6. The van der Waals surface area contributed by atoms with Crippen LogP contribution in [0.3, 0.4) is 0 Å². The van der Waals surface area contributed by atoms with Crippen molar-refractivity contribution in [3.05, 3.63) is 45.9 Å². The van der Waals surface area contributed by atoms with Crippen LogP contribution < -0.4 is 19.1 Å². The summed E-state index contributed by atoms with van der Waals surface area (Å²) in [6.45, 7) is 0.680. The summed E-state index contributed by atoms with van der Waals surface area (Å²) < 4.78 is 16.7. The second-order valence-electron chi connectivity index (χ2n) is 5.70. The van der Waals surface area contributed by atoms with Gasteiger partial charge in [0.05, 0.1) is 31.4 Å². The molecule has 0 radical (unpaired) electrons. The molecule has 3 rings (SSSR count). The molecular formula is C19H20BrNO4. The number of ether oxygens (including phenoxy) is 3. The van der Waals surface area contributed by atoms with Crippen LogP contribution >= 0.6 is 15.9 Å². The zero-order chi connectivity index (χ0) is 18.0. The topological polar surface area (TPSA) is 48.0 Å². The SMILES string of the molecule is COc1cc(C(=O)N2CCCc3ccccc32)c(Br)c(OC)c1OC. The van der Waals surface area contributed by atoms with E-state index >= 15 is 0 Å². The van der Waals surface area contributed by atoms with Gasteiger partial charge < -0.3 is 19.1 Å². The van der Waals surface area contributed by atoms with E-state index in [9.17, 15) is 4.79 Å². The van der Waals surface area contributed by atoms with Crippen LogP contribution in [0.5, 0.6) is 17.2 Å². The number of halogens is 1. The smallest absolute Gasteiger partial charge is 0.259 e. The molecule has 0 atom stereocenters. The third-order valence-electron chi connectivity index (χ3n) is 4.36. The Kier molecular flexibility index (Phi) is 5.18. The molecule has 0 aromatic heterocycles. The number of para-hydroxylation sites is 1. The van der Waals surface area contributed by atoms with Crippen LogP contribution in [0.25, 0.3) is 0 Å².